The average Bonchev–Trinajstić information content (AvgIpc) is 3.21. The topological polar surface area (TPSA) is 50.8 Å². The van der Waals surface area contributed by atoms with Crippen molar-refractivity contribution in [2.45, 2.75) is 32.2 Å². The van der Waals surface area contributed by atoms with Gasteiger partial charge in [0.25, 0.3) is 0 Å². The summed E-state index contributed by atoms with van der Waals surface area (Å²) in [6.07, 6.45) is 2.19. The number of carbonyl (C=O) groups excluding carboxylic acids is 1. The predicted octanol–water partition coefficient (Wildman–Crippen LogP) is 0.886. The van der Waals surface area contributed by atoms with E-state index in [0.29, 0.717) is 25.7 Å². The third kappa shape index (κ3) is 4.44. The fourth-order valence-corrected chi connectivity index (χ4v) is 2.45. The van der Waals surface area contributed by atoms with E-state index in [9.17, 15) is 4.79 Å². The summed E-state index contributed by atoms with van der Waals surface area (Å²) in [4.78, 5) is 14.4. The predicted molar refractivity (Wildman–Crippen MR) is 75.1 cm³/mol. The van der Waals surface area contributed by atoms with Crippen molar-refractivity contribution in [3.8, 4) is 0 Å². The van der Waals surface area contributed by atoms with Gasteiger partial charge < -0.3 is 19.7 Å². The molecule has 0 aromatic carbocycles. The van der Waals surface area contributed by atoms with Gasteiger partial charge in [-0.25, -0.2) is 4.79 Å². The molecular weight excluding hydrogens is 244 g/mol. The third-order valence-electron chi connectivity index (χ3n) is 3.70. The van der Waals surface area contributed by atoms with Crippen LogP contribution in [0.25, 0.3) is 0 Å². The van der Waals surface area contributed by atoms with Crippen molar-refractivity contribution in [3.05, 3.63) is 0 Å². The molecule has 0 radical (unpaired) electrons. The molecule has 1 saturated carbocycles. The molecule has 1 atom stereocenters. The normalized spacial score (nSPS) is 18.4. The number of rotatable bonds is 10. The van der Waals surface area contributed by atoms with E-state index >= 15 is 0 Å². The zero-order valence-electron chi connectivity index (χ0n) is 12.7. The summed E-state index contributed by atoms with van der Waals surface area (Å²) in [5.74, 6) is 0.273. The van der Waals surface area contributed by atoms with Crippen LogP contribution >= 0.6 is 0 Å². The molecule has 0 saturated heterocycles. The first kappa shape index (κ1) is 16.4. The molecule has 1 rings (SSSR count). The highest BCUT2D eigenvalue weighted by Crippen LogP contribution is 2.40. The quantitative estimate of drug-likeness (QED) is 0.473. The molecule has 0 aromatic rings. The minimum atomic E-state index is -0.559. The van der Waals surface area contributed by atoms with Crippen LogP contribution in [-0.2, 0) is 14.3 Å². The van der Waals surface area contributed by atoms with Crippen LogP contribution in [0.5, 0.6) is 0 Å². The molecule has 112 valence electrons. The smallest absolute Gasteiger partial charge is 0.327 e. The van der Waals surface area contributed by atoms with Crippen LogP contribution in [0.1, 0.15) is 26.7 Å². The minimum Gasteiger partial charge on any atom is -0.465 e. The Morgan fingerprint density at radius 1 is 1.37 bits per heavy atom. The molecule has 0 aliphatic heterocycles. The standard InChI is InChI=1S/C14H28N2O3/c1-5-18-10-9-16(4)11-14(15-3,12-7-8-12)13(17)19-6-2/h12,15H,5-11H2,1-4H3. The van der Waals surface area contributed by atoms with E-state index in [0.717, 1.165) is 26.0 Å². The number of esters is 1. The van der Waals surface area contributed by atoms with Gasteiger partial charge in [-0.2, -0.15) is 0 Å². The lowest BCUT2D eigenvalue weighted by Crippen LogP contribution is -2.60. The van der Waals surface area contributed by atoms with Crippen LogP contribution in [0.4, 0.5) is 0 Å². The Morgan fingerprint density at radius 2 is 2.05 bits per heavy atom. The van der Waals surface area contributed by atoms with Crippen molar-refractivity contribution in [2.24, 2.45) is 5.92 Å². The second kappa shape index (κ2) is 7.82. The fraction of sp³-hybridized carbons (Fsp3) is 0.929. The van der Waals surface area contributed by atoms with Gasteiger partial charge in [-0.3, -0.25) is 0 Å². The number of hydrogen-bond donors (Lipinski definition) is 1. The van der Waals surface area contributed by atoms with Gasteiger partial charge in [0.15, 0.2) is 0 Å². The highest BCUT2D eigenvalue weighted by atomic mass is 16.5. The van der Waals surface area contributed by atoms with Crippen LogP contribution < -0.4 is 5.32 Å². The first-order valence-electron chi connectivity index (χ1n) is 7.23. The largest absolute Gasteiger partial charge is 0.465 e. The van der Waals surface area contributed by atoms with Crippen molar-refractivity contribution in [3.63, 3.8) is 0 Å². The lowest BCUT2D eigenvalue weighted by atomic mass is 9.92. The number of nitrogens with one attached hydrogen (secondary N) is 1. The molecule has 0 amide bonds. The van der Waals surface area contributed by atoms with E-state index in [4.69, 9.17) is 9.47 Å². The first-order valence-corrected chi connectivity index (χ1v) is 7.23. The van der Waals surface area contributed by atoms with Gasteiger partial charge in [-0.15, -0.1) is 0 Å². The van der Waals surface area contributed by atoms with E-state index < -0.39 is 5.54 Å². The number of carbonyl (C=O) groups is 1. The van der Waals surface area contributed by atoms with Crippen molar-refractivity contribution in [1.29, 1.82) is 0 Å². The summed E-state index contributed by atoms with van der Waals surface area (Å²) >= 11 is 0. The number of likely N-dealkylation sites (N-methyl/N-ethyl adjacent to an activating group) is 2. The Labute approximate surface area is 116 Å². The van der Waals surface area contributed by atoms with Crippen molar-refractivity contribution >= 4 is 5.97 Å². The molecule has 1 aliphatic carbocycles. The zero-order chi connectivity index (χ0) is 14.3. The number of nitrogens with zero attached hydrogens (tertiary/aromatic N) is 1. The van der Waals surface area contributed by atoms with Gasteiger partial charge >= 0.3 is 5.97 Å². The molecular formula is C14H28N2O3. The van der Waals surface area contributed by atoms with Gasteiger partial charge in [-0.1, -0.05) is 0 Å². The van der Waals surface area contributed by atoms with Gasteiger partial charge in [-0.05, 0) is 46.7 Å². The molecule has 5 nitrogen and oxygen atoms in total. The van der Waals surface area contributed by atoms with Crippen LogP contribution in [0.3, 0.4) is 0 Å². The summed E-state index contributed by atoms with van der Waals surface area (Å²) in [5, 5.41) is 3.23. The van der Waals surface area contributed by atoms with E-state index in [-0.39, 0.29) is 5.97 Å². The molecule has 0 spiro atoms. The van der Waals surface area contributed by atoms with E-state index in [1.807, 2.05) is 27.9 Å². The van der Waals surface area contributed by atoms with E-state index in [1.165, 1.54) is 0 Å². The Bertz CT molecular complexity index is 282. The summed E-state index contributed by atoms with van der Waals surface area (Å²) in [6, 6.07) is 0. The van der Waals surface area contributed by atoms with Crippen LogP contribution in [-0.4, -0.2) is 63.4 Å². The molecule has 5 heteroatoms. The number of hydrogen-bond acceptors (Lipinski definition) is 5. The summed E-state index contributed by atoms with van der Waals surface area (Å²) in [6.45, 7) is 7.18. The molecule has 0 bridgehead atoms. The Hall–Kier alpha value is -0.650. The minimum absolute atomic E-state index is 0.122. The van der Waals surface area contributed by atoms with E-state index in [2.05, 4.69) is 10.2 Å². The second-order valence-corrected chi connectivity index (χ2v) is 5.15. The molecule has 1 N–H and O–H groups in total. The van der Waals surface area contributed by atoms with Crippen LogP contribution in [0, 0.1) is 5.92 Å². The third-order valence-corrected chi connectivity index (χ3v) is 3.70. The molecule has 0 aromatic heterocycles. The Balaban J connectivity index is 2.60. The number of ether oxygens (including phenoxy) is 2. The summed E-state index contributed by atoms with van der Waals surface area (Å²) in [5.41, 5.74) is -0.559. The SMILES string of the molecule is CCOCCN(C)CC(NC)(C(=O)OCC)C1CC1. The first-order chi connectivity index (χ1) is 9.10. The van der Waals surface area contributed by atoms with Gasteiger partial charge in [0.1, 0.15) is 5.54 Å². The van der Waals surface area contributed by atoms with Crippen LogP contribution in [0.2, 0.25) is 0 Å². The lowest BCUT2D eigenvalue weighted by Gasteiger charge is -2.35. The highest BCUT2D eigenvalue weighted by Gasteiger charge is 2.51. The van der Waals surface area contributed by atoms with Crippen molar-refractivity contribution in [2.75, 3.05) is 47.0 Å². The average molecular weight is 272 g/mol. The van der Waals surface area contributed by atoms with Crippen LogP contribution in [0.15, 0.2) is 0 Å². The maximum Gasteiger partial charge on any atom is 0.327 e. The second-order valence-electron chi connectivity index (χ2n) is 5.15. The molecule has 1 unspecified atom stereocenters. The van der Waals surface area contributed by atoms with Gasteiger partial charge in [0.2, 0.25) is 0 Å². The Kier molecular flexibility index (Phi) is 6.75. The highest BCUT2D eigenvalue weighted by molar-refractivity contribution is 5.82. The Morgan fingerprint density at radius 3 is 2.53 bits per heavy atom. The molecule has 1 fully saturated rings. The lowest BCUT2D eigenvalue weighted by molar-refractivity contribution is -0.153. The molecule has 19 heavy (non-hydrogen) atoms. The van der Waals surface area contributed by atoms with Crippen molar-refractivity contribution in [1.82, 2.24) is 10.2 Å². The fourth-order valence-electron chi connectivity index (χ4n) is 2.45. The van der Waals surface area contributed by atoms with Crippen molar-refractivity contribution < 1.29 is 14.3 Å². The summed E-state index contributed by atoms with van der Waals surface area (Å²) in [7, 11) is 3.87. The molecule has 0 heterocycles. The maximum absolute atomic E-state index is 12.3. The monoisotopic (exact) mass is 272 g/mol. The van der Waals surface area contributed by atoms with Gasteiger partial charge in [0, 0.05) is 19.7 Å². The van der Waals surface area contributed by atoms with E-state index in [1.54, 1.807) is 0 Å². The summed E-state index contributed by atoms with van der Waals surface area (Å²) < 4.78 is 10.6. The molecule has 1 aliphatic rings. The van der Waals surface area contributed by atoms with Gasteiger partial charge in [0.05, 0.1) is 13.2 Å². The maximum atomic E-state index is 12.3. The zero-order valence-corrected chi connectivity index (χ0v) is 12.7.